The predicted octanol–water partition coefficient (Wildman–Crippen LogP) is 2.38. The number of hydrogen-bond acceptors (Lipinski definition) is 6. The minimum atomic E-state index is -0.418. The van der Waals surface area contributed by atoms with Crippen LogP contribution in [0.5, 0.6) is 0 Å². The van der Waals surface area contributed by atoms with Crippen molar-refractivity contribution in [2.45, 2.75) is 26.3 Å². The maximum atomic E-state index is 12.3. The number of rotatable bonds is 7. The highest BCUT2D eigenvalue weighted by Gasteiger charge is 2.35. The summed E-state index contributed by atoms with van der Waals surface area (Å²) in [7, 11) is 5.59. The molecule has 1 aromatic rings. The molecule has 1 amide bonds. The molecule has 1 saturated heterocycles. The van der Waals surface area contributed by atoms with Crippen LogP contribution in [0, 0.1) is 11.8 Å². The fraction of sp³-hybridized carbons (Fsp3) is 0.667. The van der Waals surface area contributed by atoms with Gasteiger partial charge in [0.15, 0.2) is 0 Å². The highest BCUT2D eigenvalue weighted by atomic mass is 32.1. The number of carbonyl (C=O) groups is 2. The van der Waals surface area contributed by atoms with Gasteiger partial charge in [-0.15, -0.1) is 11.3 Å². The molecule has 1 N–H and O–H groups in total. The molecule has 0 saturated carbocycles. The van der Waals surface area contributed by atoms with Crippen molar-refractivity contribution in [1.29, 1.82) is 0 Å². The molecule has 2 rings (SSSR count). The van der Waals surface area contributed by atoms with Gasteiger partial charge in [0.2, 0.25) is 5.91 Å². The van der Waals surface area contributed by atoms with E-state index in [2.05, 4.69) is 43.1 Å². The number of nitrogens with zero attached hydrogens (tertiary/aromatic N) is 2. The highest BCUT2D eigenvalue weighted by molar-refractivity contribution is 7.12. The molecule has 0 aromatic carbocycles. The fourth-order valence-electron chi connectivity index (χ4n) is 3.41. The summed E-state index contributed by atoms with van der Waals surface area (Å²) >= 11 is 1.27. The molecule has 0 aliphatic carbocycles. The third-order valence-electron chi connectivity index (χ3n) is 4.89. The van der Waals surface area contributed by atoms with Gasteiger partial charge in [0.1, 0.15) is 4.88 Å². The van der Waals surface area contributed by atoms with Gasteiger partial charge < -0.3 is 19.9 Å². The number of amides is 1. The Bertz CT molecular complexity index is 584. The highest BCUT2D eigenvalue weighted by Crippen LogP contribution is 2.27. The fourth-order valence-corrected chi connectivity index (χ4v) is 4.17. The Hall–Kier alpha value is -1.44. The number of anilines is 1. The zero-order valence-electron chi connectivity index (χ0n) is 15.7. The lowest BCUT2D eigenvalue weighted by molar-refractivity contribution is -0.116. The molecule has 0 unspecified atom stereocenters. The molecule has 1 fully saturated rings. The average Bonchev–Trinajstić information content (AvgIpc) is 3.19. The second kappa shape index (κ2) is 8.78. The number of nitrogens with one attached hydrogen (secondary N) is 1. The van der Waals surface area contributed by atoms with Crippen molar-refractivity contribution in [2.75, 3.05) is 46.2 Å². The van der Waals surface area contributed by atoms with E-state index < -0.39 is 5.97 Å². The third kappa shape index (κ3) is 5.03. The van der Waals surface area contributed by atoms with Crippen molar-refractivity contribution in [2.24, 2.45) is 11.8 Å². The lowest BCUT2D eigenvalue weighted by Crippen LogP contribution is -2.37. The van der Waals surface area contributed by atoms with Gasteiger partial charge in [-0.1, -0.05) is 13.8 Å². The smallest absolute Gasteiger partial charge is 0.350 e. The van der Waals surface area contributed by atoms with Crippen LogP contribution in [-0.2, 0) is 9.53 Å². The quantitative estimate of drug-likeness (QED) is 0.750. The zero-order chi connectivity index (χ0) is 18.6. The first-order chi connectivity index (χ1) is 11.8. The van der Waals surface area contributed by atoms with Gasteiger partial charge in [-0.25, -0.2) is 4.79 Å². The Morgan fingerprint density at radius 2 is 2.12 bits per heavy atom. The van der Waals surface area contributed by atoms with Crippen molar-refractivity contribution in [3.63, 3.8) is 0 Å². The molecule has 1 aromatic heterocycles. The van der Waals surface area contributed by atoms with E-state index in [1.807, 2.05) is 0 Å². The van der Waals surface area contributed by atoms with Crippen molar-refractivity contribution < 1.29 is 14.3 Å². The second-order valence-electron chi connectivity index (χ2n) is 7.15. The topological polar surface area (TPSA) is 61.9 Å². The second-order valence-corrected chi connectivity index (χ2v) is 8.07. The summed E-state index contributed by atoms with van der Waals surface area (Å²) in [6, 6.07) is 2.27. The molecule has 1 aliphatic heterocycles. The molecule has 0 bridgehead atoms. The van der Waals surface area contributed by atoms with Crippen LogP contribution in [0.1, 0.15) is 29.9 Å². The summed E-state index contributed by atoms with van der Waals surface area (Å²) < 4.78 is 4.73. The molecular formula is C18H29N3O3S. The summed E-state index contributed by atoms with van der Waals surface area (Å²) in [5.41, 5.74) is 0.537. The molecule has 6 nitrogen and oxygen atoms in total. The summed E-state index contributed by atoms with van der Waals surface area (Å²) in [5.74, 6) is 0.761. The molecule has 140 valence electrons. The Balaban J connectivity index is 1.87. The number of likely N-dealkylation sites (tertiary alicyclic amines) is 1. The van der Waals surface area contributed by atoms with Gasteiger partial charge in [0, 0.05) is 32.1 Å². The maximum Gasteiger partial charge on any atom is 0.350 e. The van der Waals surface area contributed by atoms with Crippen LogP contribution < -0.4 is 5.32 Å². The minimum Gasteiger partial charge on any atom is -0.465 e. The van der Waals surface area contributed by atoms with E-state index in [9.17, 15) is 9.59 Å². The Morgan fingerprint density at radius 3 is 2.68 bits per heavy atom. The number of ether oxygens (including phenoxy) is 1. The number of methoxy groups -OCH3 is 1. The van der Waals surface area contributed by atoms with Gasteiger partial charge in [0.05, 0.1) is 12.8 Å². The first-order valence-electron chi connectivity index (χ1n) is 8.68. The first kappa shape index (κ1) is 19.9. The molecule has 0 radical (unpaired) electrons. The van der Waals surface area contributed by atoms with Crippen LogP contribution in [0.3, 0.4) is 0 Å². The molecule has 2 heterocycles. The lowest BCUT2D eigenvalue weighted by Gasteiger charge is -2.27. The molecule has 0 spiro atoms. The Morgan fingerprint density at radius 1 is 1.40 bits per heavy atom. The van der Waals surface area contributed by atoms with Crippen LogP contribution in [-0.4, -0.2) is 68.6 Å². The molecule has 7 heteroatoms. The number of likely N-dealkylation sites (N-methyl/N-ethyl adjacent to an activating group) is 1. The summed E-state index contributed by atoms with van der Waals surface area (Å²) in [4.78, 5) is 29.0. The number of carbonyl (C=O) groups excluding carboxylic acids is 2. The molecule has 1 aliphatic rings. The molecule has 25 heavy (non-hydrogen) atoms. The SMILES string of the molecule is COC(=O)c1sccc1NC(=O)CCN1C[C@@H](N(C)C)[C@H](C(C)C)C1. The van der Waals surface area contributed by atoms with E-state index >= 15 is 0 Å². The standard InChI is InChI=1S/C18H29N3O3S/c1-12(2)13-10-21(11-15(13)20(3)4)8-6-16(22)19-14-7-9-25-17(14)18(23)24-5/h7,9,12-13,15H,6,8,10-11H2,1-5H3,(H,19,22)/t13-,15+/m0/s1. The van der Waals surface area contributed by atoms with Crippen molar-refractivity contribution >= 4 is 28.9 Å². The zero-order valence-corrected chi connectivity index (χ0v) is 16.6. The lowest BCUT2D eigenvalue weighted by atomic mass is 9.91. The molecular weight excluding hydrogens is 338 g/mol. The van der Waals surface area contributed by atoms with Crippen molar-refractivity contribution in [3.05, 3.63) is 16.3 Å². The largest absolute Gasteiger partial charge is 0.465 e. The van der Waals surface area contributed by atoms with Gasteiger partial charge >= 0.3 is 5.97 Å². The van der Waals surface area contributed by atoms with E-state index in [1.54, 1.807) is 11.4 Å². The summed E-state index contributed by atoms with van der Waals surface area (Å²) in [6.45, 7) is 7.29. The Labute approximate surface area is 154 Å². The first-order valence-corrected chi connectivity index (χ1v) is 9.55. The number of hydrogen-bond donors (Lipinski definition) is 1. The predicted molar refractivity (Wildman–Crippen MR) is 101 cm³/mol. The van der Waals surface area contributed by atoms with Gasteiger partial charge in [-0.3, -0.25) is 4.79 Å². The number of esters is 1. The third-order valence-corrected chi connectivity index (χ3v) is 5.79. The average molecular weight is 368 g/mol. The van der Waals surface area contributed by atoms with Crippen LogP contribution in [0.15, 0.2) is 11.4 Å². The van der Waals surface area contributed by atoms with Gasteiger partial charge in [-0.2, -0.15) is 0 Å². The van der Waals surface area contributed by atoms with E-state index in [0.717, 1.165) is 19.6 Å². The van der Waals surface area contributed by atoms with Crippen molar-refractivity contribution in [1.82, 2.24) is 9.80 Å². The van der Waals surface area contributed by atoms with E-state index in [4.69, 9.17) is 4.74 Å². The summed E-state index contributed by atoms with van der Waals surface area (Å²) in [5, 5.41) is 4.61. The molecule has 2 atom stereocenters. The summed E-state index contributed by atoms with van der Waals surface area (Å²) in [6.07, 6.45) is 0.418. The van der Waals surface area contributed by atoms with Gasteiger partial charge in [-0.05, 0) is 37.4 Å². The van der Waals surface area contributed by atoms with Crippen LogP contribution in [0.25, 0.3) is 0 Å². The van der Waals surface area contributed by atoms with E-state index in [1.165, 1.54) is 18.4 Å². The van der Waals surface area contributed by atoms with Crippen LogP contribution >= 0.6 is 11.3 Å². The normalized spacial score (nSPS) is 21.1. The number of thiophene rings is 1. The van der Waals surface area contributed by atoms with Crippen LogP contribution in [0.4, 0.5) is 5.69 Å². The minimum absolute atomic E-state index is 0.0713. The Kier molecular flexibility index (Phi) is 6.98. The van der Waals surface area contributed by atoms with E-state index in [-0.39, 0.29) is 5.91 Å². The van der Waals surface area contributed by atoms with Crippen LogP contribution in [0.2, 0.25) is 0 Å². The van der Waals surface area contributed by atoms with Crippen molar-refractivity contribution in [3.8, 4) is 0 Å². The monoisotopic (exact) mass is 367 g/mol. The van der Waals surface area contributed by atoms with Gasteiger partial charge in [0.25, 0.3) is 0 Å². The maximum absolute atomic E-state index is 12.3. The van der Waals surface area contributed by atoms with E-state index in [0.29, 0.717) is 34.9 Å².